The van der Waals surface area contributed by atoms with E-state index in [2.05, 4.69) is 51.2 Å². The van der Waals surface area contributed by atoms with E-state index in [1.165, 1.54) is 5.39 Å². The topological polar surface area (TPSA) is 54.2 Å². The van der Waals surface area contributed by atoms with Crippen LogP contribution in [0.2, 0.25) is 5.02 Å². The Morgan fingerprint density at radius 3 is 2.69 bits per heavy atom. The number of thiocarbonyl (C=S) groups is 1. The largest absolute Gasteiger partial charge is 0.331 e. The summed E-state index contributed by atoms with van der Waals surface area (Å²) in [6, 6.07) is 21.9. The van der Waals surface area contributed by atoms with Crippen LogP contribution in [-0.2, 0) is 6.54 Å². The van der Waals surface area contributed by atoms with E-state index < -0.39 is 0 Å². The lowest BCUT2D eigenvalue weighted by Crippen LogP contribution is -2.26. The summed E-state index contributed by atoms with van der Waals surface area (Å²) in [6.07, 6.45) is 5.41. The van der Waals surface area contributed by atoms with Gasteiger partial charge >= 0.3 is 0 Å². The van der Waals surface area contributed by atoms with E-state index in [1.807, 2.05) is 41.1 Å². The Balaban J connectivity index is 1.58. The molecule has 7 heteroatoms. The molecule has 0 saturated carbocycles. The van der Waals surface area contributed by atoms with Gasteiger partial charge in [0.1, 0.15) is 0 Å². The second-order valence-electron chi connectivity index (χ2n) is 6.43. The predicted octanol–water partition coefficient (Wildman–Crippen LogP) is 5.08. The van der Waals surface area contributed by atoms with Gasteiger partial charge in [-0.2, -0.15) is 5.10 Å². The summed E-state index contributed by atoms with van der Waals surface area (Å²) < 4.78 is 1.96. The summed E-state index contributed by atoms with van der Waals surface area (Å²) in [5.74, 6) is 0. The van der Waals surface area contributed by atoms with Crippen LogP contribution in [0.25, 0.3) is 10.8 Å². The number of imidazole rings is 1. The molecule has 1 aromatic heterocycles. The molecule has 0 atom stereocenters. The molecule has 144 valence electrons. The predicted molar refractivity (Wildman–Crippen MR) is 124 cm³/mol. The van der Waals surface area contributed by atoms with Gasteiger partial charge in [0.15, 0.2) is 5.11 Å². The van der Waals surface area contributed by atoms with E-state index in [0.29, 0.717) is 16.7 Å². The van der Waals surface area contributed by atoms with Crippen LogP contribution in [0.4, 0.5) is 5.69 Å². The molecule has 0 aliphatic heterocycles. The van der Waals surface area contributed by atoms with Gasteiger partial charge in [0, 0.05) is 28.7 Å². The highest BCUT2D eigenvalue weighted by Crippen LogP contribution is 2.17. The average Bonchev–Trinajstić information content (AvgIpc) is 3.24. The first-order valence-electron chi connectivity index (χ1n) is 9.01. The zero-order chi connectivity index (χ0) is 20.1. The van der Waals surface area contributed by atoms with Gasteiger partial charge in [0.05, 0.1) is 18.6 Å². The van der Waals surface area contributed by atoms with E-state index in [4.69, 9.17) is 23.8 Å². The fourth-order valence-electron chi connectivity index (χ4n) is 2.96. The Morgan fingerprint density at radius 1 is 1.03 bits per heavy atom. The summed E-state index contributed by atoms with van der Waals surface area (Å²) in [4.78, 5) is 4.12. The van der Waals surface area contributed by atoms with Crippen LogP contribution in [0.1, 0.15) is 5.56 Å². The lowest BCUT2D eigenvalue weighted by Gasteiger charge is -2.12. The van der Waals surface area contributed by atoms with Gasteiger partial charge in [-0.25, -0.2) is 4.98 Å². The lowest BCUT2D eigenvalue weighted by molar-refractivity contribution is 0.839. The van der Waals surface area contributed by atoms with Crippen molar-refractivity contribution in [3.05, 3.63) is 96.0 Å². The Hall–Kier alpha value is -3.22. The highest BCUT2D eigenvalue weighted by molar-refractivity contribution is 7.80. The highest BCUT2D eigenvalue weighted by Gasteiger charge is 2.07. The number of fused-ring (bicyclic) bond motifs is 1. The van der Waals surface area contributed by atoms with E-state index in [-0.39, 0.29) is 0 Å². The van der Waals surface area contributed by atoms with Crippen molar-refractivity contribution in [2.24, 2.45) is 5.10 Å². The summed E-state index contributed by atoms with van der Waals surface area (Å²) in [7, 11) is 0. The molecule has 0 aliphatic rings. The number of hydrazone groups is 1. The summed E-state index contributed by atoms with van der Waals surface area (Å²) >= 11 is 11.4. The second kappa shape index (κ2) is 8.86. The van der Waals surface area contributed by atoms with E-state index in [9.17, 15) is 0 Å². The fraction of sp³-hybridized carbons (Fsp3) is 0.0455. The zero-order valence-electron chi connectivity index (χ0n) is 15.4. The minimum atomic E-state index is 0.385. The molecule has 0 amide bonds. The Kier molecular flexibility index (Phi) is 5.84. The lowest BCUT2D eigenvalue weighted by atomic mass is 10.0. The molecular weight excluding hydrogens is 402 g/mol. The Labute approximate surface area is 179 Å². The SMILES string of the molecule is S=C(N/N=C(/Cn1ccnc1)c1ccc2ccccc2c1)Nc1cccc(Cl)c1. The third-order valence-electron chi connectivity index (χ3n) is 4.35. The molecule has 0 bridgehead atoms. The molecule has 2 N–H and O–H groups in total. The van der Waals surface area contributed by atoms with Crippen LogP contribution in [0.15, 0.2) is 90.6 Å². The molecule has 0 fully saturated rings. The number of benzene rings is 3. The molecule has 5 nitrogen and oxygen atoms in total. The number of hydrogen-bond acceptors (Lipinski definition) is 3. The van der Waals surface area contributed by atoms with Crippen molar-refractivity contribution < 1.29 is 0 Å². The maximum atomic E-state index is 6.02. The molecule has 0 aliphatic carbocycles. The third kappa shape index (κ3) is 4.99. The third-order valence-corrected chi connectivity index (χ3v) is 4.78. The van der Waals surface area contributed by atoms with Crippen LogP contribution < -0.4 is 10.7 Å². The van der Waals surface area contributed by atoms with E-state index >= 15 is 0 Å². The zero-order valence-corrected chi connectivity index (χ0v) is 17.0. The summed E-state index contributed by atoms with van der Waals surface area (Å²) in [6.45, 7) is 0.561. The first-order chi connectivity index (χ1) is 14.2. The monoisotopic (exact) mass is 419 g/mol. The number of aromatic nitrogens is 2. The van der Waals surface area contributed by atoms with Crippen molar-refractivity contribution in [1.29, 1.82) is 0 Å². The van der Waals surface area contributed by atoms with Crippen LogP contribution in [0.3, 0.4) is 0 Å². The average molecular weight is 420 g/mol. The van der Waals surface area contributed by atoms with Gasteiger partial charge in [0.2, 0.25) is 0 Å². The number of halogens is 1. The minimum Gasteiger partial charge on any atom is -0.331 e. The maximum absolute atomic E-state index is 6.02. The normalized spacial score (nSPS) is 11.4. The smallest absolute Gasteiger partial charge is 0.191 e. The van der Waals surface area contributed by atoms with E-state index in [0.717, 1.165) is 22.3 Å². The van der Waals surface area contributed by atoms with Gasteiger partial charge in [-0.15, -0.1) is 0 Å². The van der Waals surface area contributed by atoms with E-state index in [1.54, 1.807) is 18.6 Å². The van der Waals surface area contributed by atoms with Crippen molar-refractivity contribution in [2.75, 3.05) is 5.32 Å². The molecule has 0 spiro atoms. The second-order valence-corrected chi connectivity index (χ2v) is 7.28. The van der Waals surface area contributed by atoms with Gasteiger partial charge in [-0.3, -0.25) is 5.43 Å². The maximum Gasteiger partial charge on any atom is 0.191 e. The van der Waals surface area contributed by atoms with Crippen molar-refractivity contribution in [3.8, 4) is 0 Å². The fourth-order valence-corrected chi connectivity index (χ4v) is 3.31. The van der Waals surface area contributed by atoms with Crippen LogP contribution in [-0.4, -0.2) is 20.4 Å². The number of rotatable bonds is 5. The minimum absolute atomic E-state index is 0.385. The van der Waals surface area contributed by atoms with Crippen molar-refractivity contribution >= 4 is 51.1 Å². The van der Waals surface area contributed by atoms with Crippen LogP contribution >= 0.6 is 23.8 Å². The summed E-state index contributed by atoms with van der Waals surface area (Å²) in [5.41, 5.74) is 5.59. The highest BCUT2D eigenvalue weighted by atomic mass is 35.5. The van der Waals surface area contributed by atoms with Crippen molar-refractivity contribution in [2.45, 2.75) is 6.54 Å². The van der Waals surface area contributed by atoms with Gasteiger partial charge < -0.3 is 9.88 Å². The first kappa shape index (κ1) is 19.1. The first-order valence-corrected chi connectivity index (χ1v) is 9.80. The molecule has 4 rings (SSSR count). The van der Waals surface area contributed by atoms with Gasteiger partial charge in [-0.05, 0) is 47.3 Å². The number of anilines is 1. The van der Waals surface area contributed by atoms with Crippen LogP contribution in [0, 0.1) is 0 Å². The Morgan fingerprint density at radius 2 is 1.90 bits per heavy atom. The molecule has 0 unspecified atom stereocenters. The molecule has 4 aromatic rings. The summed E-state index contributed by atoms with van der Waals surface area (Å²) in [5, 5.41) is 11.0. The van der Waals surface area contributed by atoms with Gasteiger partial charge in [-0.1, -0.05) is 54.1 Å². The quantitative estimate of drug-likeness (QED) is 0.269. The molecule has 3 aromatic carbocycles. The van der Waals surface area contributed by atoms with Gasteiger partial charge in [0.25, 0.3) is 0 Å². The number of hydrogen-bond donors (Lipinski definition) is 2. The molecular formula is C22H18ClN5S. The van der Waals surface area contributed by atoms with Crippen molar-refractivity contribution in [3.63, 3.8) is 0 Å². The van der Waals surface area contributed by atoms with Crippen LogP contribution in [0.5, 0.6) is 0 Å². The Bertz CT molecular complexity index is 1170. The molecule has 1 heterocycles. The molecule has 29 heavy (non-hydrogen) atoms. The molecule has 0 radical (unpaired) electrons. The number of nitrogens with zero attached hydrogens (tertiary/aromatic N) is 3. The van der Waals surface area contributed by atoms with Crippen molar-refractivity contribution in [1.82, 2.24) is 15.0 Å². The molecule has 0 saturated heterocycles. The number of nitrogens with one attached hydrogen (secondary N) is 2. The standard InChI is InChI=1S/C22H18ClN5S/c23-19-6-3-7-20(13-19)25-22(29)27-26-21(14-28-11-10-24-15-28)18-9-8-16-4-1-2-5-17(16)12-18/h1-13,15H,14H2,(H2,25,27,29)/b26-21-.